The van der Waals surface area contributed by atoms with Crippen molar-refractivity contribution in [3.05, 3.63) is 41.9 Å². The number of carboxylic acids is 1. The molecule has 0 aromatic heterocycles. The van der Waals surface area contributed by atoms with Crippen LogP contribution in [0.4, 0.5) is 0 Å². The van der Waals surface area contributed by atoms with Crippen LogP contribution < -0.4 is 9.42 Å². The zero-order chi connectivity index (χ0) is 14.5. The van der Waals surface area contributed by atoms with Crippen LogP contribution in [0.25, 0.3) is 0 Å². The highest BCUT2D eigenvalue weighted by atomic mass is 35.5. The first-order chi connectivity index (χ1) is 8.89. The third-order valence-corrected chi connectivity index (χ3v) is 3.59. The van der Waals surface area contributed by atoms with E-state index in [2.05, 4.69) is 11.3 Å². The average Bonchev–Trinajstić information content (AvgIpc) is 2.32. The molecule has 2 atom stereocenters. The minimum Gasteiger partial charge on any atom is -0.575 e. The molecule has 19 heavy (non-hydrogen) atoms. The fourth-order valence-corrected chi connectivity index (χ4v) is 2.38. The third-order valence-electron chi connectivity index (χ3n) is 2.32. The summed E-state index contributed by atoms with van der Waals surface area (Å²) in [5.74, 6) is -1.00. The Kier molecular flexibility index (Phi) is 5.48. The third kappa shape index (κ3) is 4.31. The zero-order valence-electron chi connectivity index (χ0n) is 10.2. The van der Waals surface area contributed by atoms with Crippen molar-refractivity contribution in [2.24, 2.45) is 4.74 Å². The number of para-hydroxylation sites is 1. The van der Waals surface area contributed by atoms with Crippen molar-refractivity contribution < 1.29 is 19.3 Å². The van der Waals surface area contributed by atoms with E-state index in [9.17, 15) is 9.69 Å². The number of benzene rings is 1. The van der Waals surface area contributed by atoms with E-state index in [1.165, 1.54) is 19.1 Å². The smallest absolute Gasteiger partial charge is 0.395 e. The van der Waals surface area contributed by atoms with Crippen LogP contribution in [0.5, 0.6) is 5.75 Å². The first kappa shape index (κ1) is 15.6. The standard InChI is InChI=1S/C12H13ClNO4P/c1-3-8-12(2,11(15)16)14-19(17)18-10-7-5-4-6-9(10)13/h3-7H,1,8H2,2H3,(H,15,16)/t12-/m0/s1. The molecule has 0 radical (unpaired) electrons. The fraction of sp³-hybridized carbons (Fsp3) is 0.250. The van der Waals surface area contributed by atoms with E-state index in [0.29, 0.717) is 0 Å². The molecule has 1 unspecified atom stereocenters. The molecule has 0 heterocycles. The zero-order valence-corrected chi connectivity index (χ0v) is 11.9. The normalized spacial score (nSPS) is 14.6. The lowest BCUT2D eigenvalue weighted by atomic mass is 10.0. The van der Waals surface area contributed by atoms with E-state index in [4.69, 9.17) is 21.2 Å². The summed E-state index contributed by atoms with van der Waals surface area (Å²) < 4.78 is 8.74. The highest BCUT2D eigenvalue weighted by molar-refractivity contribution is 7.34. The molecule has 1 rings (SSSR count). The van der Waals surface area contributed by atoms with Gasteiger partial charge in [0, 0.05) is 6.42 Å². The maximum Gasteiger partial charge on any atom is 0.395 e. The molecule has 0 bridgehead atoms. The summed E-state index contributed by atoms with van der Waals surface area (Å²) in [6, 6.07) is 6.44. The number of nitrogens with zero attached hydrogens (tertiary/aromatic N) is 1. The van der Waals surface area contributed by atoms with E-state index < -0.39 is 19.7 Å². The molecule has 7 heteroatoms. The molecule has 0 fully saturated rings. The molecule has 0 aliphatic carbocycles. The van der Waals surface area contributed by atoms with Gasteiger partial charge in [-0.05, 0) is 19.1 Å². The van der Waals surface area contributed by atoms with Crippen molar-refractivity contribution >= 4 is 25.7 Å². The quantitative estimate of drug-likeness (QED) is 0.647. The van der Waals surface area contributed by atoms with Gasteiger partial charge in [-0.25, -0.2) is 4.79 Å². The highest BCUT2D eigenvalue weighted by Crippen LogP contribution is 2.33. The highest BCUT2D eigenvalue weighted by Gasteiger charge is 2.36. The Morgan fingerprint density at radius 3 is 2.84 bits per heavy atom. The van der Waals surface area contributed by atoms with E-state index >= 15 is 0 Å². The Labute approximate surface area is 117 Å². The van der Waals surface area contributed by atoms with Crippen LogP contribution in [0.15, 0.2) is 41.7 Å². The Bertz CT molecular complexity index is 520. The predicted molar refractivity (Wildman–Crippen MR) is 72.3 cm³/mol. The van der Waals surface area contributed by atoms with Crippen LogP contribution in [-0.2, 0) is 4.79 Å². The van der Waals surface area contributed by atoms with E-state index in [1.807, 2.05) is 0 Å². The van der Waals surface area contributed by atoms with Gasteiger partial charge in [-0.15, -0.1) is 6.58 Å². The average molecular weight is 302 g/mol. The van der Waals surface area contributed by atoms with Crippen molar-refractivity contribution in [2.75, 3.05) is 0 Å². The maximum atomic E-state index is 11.8. The Morgan fingerprint density at radius 2 is 2.32 bits per heavy atom. The number of hydrogen-bond acceptors (Lipinski definition) is 4. The molecule has 0 saturated heterocycles. The van der Waals surface area contributed by atoms with Crippen LogP contribution in [0.2, 0.25) is 5.02 Å². The molecule has 102 valence electrons. The topological polar surface area (TPSA) is 82.0 Å². The molecular weight excluding hydrogens is 289 g/mol. The Morgan fingerprint density at radius 1 is 1.68 bits per heavy atom. The largest absolute Gasteiger partial charge is 0.575 e. The summed E-state index contributed by atoms with van der Waals surface area (Å²) in [7, 11) is -2.54. The molecule has 1 aromatic rings. The maximum absolute atomic E-state index is 11.8. The number of carboxylic acid groups (broad SMARTS) is 1. The molecule has 0 aliphatic rings. The van der Waals surface area contributed by atoms with Gasteiger partial charge in [-0.1, -0.05) is 34.6 Å². The lowest BCUT2D eigenvalue weighted by Gasteiger charge is -2.14. The molecule has 0 aliphatic heterocycles. The number of rotatable bonds is 6. The van der Waals surface area contributed by atoms with Gasteiger partial charge in [0.25, 0.3) is 0 Å². The van der Waals surface area contributed by atoms with Gasteiger partial charge in [0.05, 0.1) is 5.02 Å². The summed E-state index contributed by atoms with van der Waals surface area (Å²) >= 11 is 5.84. The molecule has 5 nitrogen and oxygen atoms in total. The van der Waals surface area contributed by atoms with Crippen LogP contribution in [0.3, 0.4) is 0 Å². The molecule has 0 saturated carbocycles. The molecule has 1 N–H and O–H groups in total. The fourth-order valence-electron chi connectivity index (χ4n) is 1.26. The van der Waals surface area contributed by atoms with Crippen LogP contribution in [0.1, 0.15) is 13.3 Å². The predicted octanol–water partition coefficient (Wildman–Crippen LogP) is 2.99. The van der Waals surface area contributed by atoms with Gasteiger partial charge < -0.3 is 10.00 Å². The van der Waals surface area contributed by atoms with Gasteiger partial charge in [0.2, 0.25) is 11.3 Å². The van der Waals surface area contributed by atoms with Crippen LogP contribution in [0, 0.1) is 0 Å². The molecule has 0 spiro atoms. The van der Waals surface area contributed by atoms with Gasteiger partial charge in [-0.2, -0.15) is 0 Å². The second-order valence-corrected chi connectivity index (χ2v) is 5.20. The number of halogens is 1. The molecule has 1 aromatic carbocycles. The van der Waals surface area contributed by atoms with Crippen molar-refractivity contribution in [3.8, 4) is 5.75 Å². The molecular formula is C12H13ClNO4P. The Hall–Kier alpha value is -1.42. The van der Waals surface area contributed by atoms with Crippen molar-refractivity contribution in [1.29, 1.82) is 0 Å². The summed E-state index contributed by atoms with van der Waals surface area (Å²) in [5.41, 5.74) is -1.53. The first-order valence-corrected chi connectivity index (χ1v) is 6.87. The van der Waals surface area contributed by atoms with E-state index in [0.717, 1.165) is 0 Å². The van der Waals surface area contributed by atoms with Gasteiger partial charge in [0.15, 0.2) is 0 Å². The second kappa shape index (κ2) is 6.66. The minimum atomic E-state index is -2.54. The van der Waals surface area contributed by atoms with E-state index in [1.54, 1.807) is 18.2 Å². The van der Waals surface area contributed by atoms with Crippen molar-refractivity contribution in [3.63, 3.8) is 0 Å². The summed E-state index contributed by atoms with van der Waals surface area (Å²) in [4.78, 5) is 22.9. The summed E-state index contributed by atoms with van der Waals surface area (Å²) in [5, 5.41) is 9.36. The second-order valence-electron chi connectivity index (χ2n) is 3.93. The summed E-state index contributed by atoms with van der Waals surface area (Å²) in [6.45, 7) is 4.80. The summed E-state index contributed by atoms with van der Waals surface area (Å²) in [6.07, 6.45) is 1.45. The van der Waals surface area contributed by atoms with E-state index in [-0.39, 0.29) is 17.2 Å². The lowest BCUT2D eigenvalue weighted by Crippen LogP contribution is -2.32. The van der Waals surface area contributed by atoms with Crippen molar-refractivity contribution in [2.45, 2.75) is 18.9 Å². The first-order valence-electron chi connectivity index (χ1n) is 5.36. The molecule has 0 amide bonds. The minimum absolute atomic E-state index is 0.0509. The van der Waals surface area contributed by atoms with Crippen LogP contribution in [-0.4, -0.2) is 16.6 Å². The number of carbonyl (C=O) groups is 1. The monoisotopic (exact) mass is 301 g/mol. The van der Waals surface area contributed by atoms with Gasteiger partial charge in [-0.3, -0.25) is 4.52 Å². The number of hydrogen-bond donors (Lipinski definition) is 1. The van der Waals surface area contributed by atoms with Crippen LogP contribution >= 0.6 is 19.8 Å². The SMILES string of the molecule is C=CC[C@](C)(/N=[P+](\[O-])Oc1ccccc1Cl)C(=O)O. The van der Waals surface area contributed by atoms with Gasteiger partial charge >= 0.3 is 14.1 Å². The Balaban J connectivity index is 2.95. The number of aliphatic carboxylic acids is 1. The lowest BCUT2D eigenvalue weighted by molar-refractivity contribution is -0.170. The van der Waals surface area contributed by atoms with Crippen molar-refractivity contribution in [1.82, 2.24) is 0 Å². The van der Waals surface area contributed by atoms with Gasteiger partial charge in [0.1, 0.15) is 0 Å².